The Morgan fingerprint density at radius 3 is 2.50 bits per heavy atom. The maximum absolute atomic E-state index is 14.5. The van der Waals surface area contributed by atoms with Crippen LogP contribution in [-0.4, -0.2) is 16.9 Å². The van der Waals surface area contributed by atoms with Crippen molar-refractivity contribution in [2.75, 3.05) is 4.90 Å². The molecule has 34 heavy (non-hydrogen) atoms. The van der Waals surface area contributed by atoms with Gasteiger partial charge in [0.05, 0.1) is 17.0 Å². The molecule has 170 valence electrons. The number of fused-ring (bicyclic) bond motifs is 1. The fraction of sp³-hybridized carbons (Fsp3) is 0.143. The first-order valence-electron chi connectivity index (χ1n) is 10.9. The van der Waals surface area contributed by atoms with E-state index in [4.69, 9.17) is 11.6 Å². The van der Waals surface area contributed by atoms with Gasteiger partial charge in [-0.25, -0.2) is 9.29 Å². The lowest BCUT2D eigenvalue weighted by Crippen LogP contribution is -2.48. The maximum Gasteiger partial charge on any atom is 0.246 e. The minimum atomic E-state index is -1.41. The first-order valence-corrected chi connectivity index (χ1v) is 11.3. The summed E-state index contributed by atoms with van der Waals surface area (Å²) in [5.74, 6) is -3.75. The third kappa shape index (κ3) is 3.04. The van der Waals surface area contributed by atoms with Gasteiger partial charge in [-0.15, -0.1) is 0 Å². The van der Waals surface area contributed by atoms with Gasteiger partial charge in [0.1, 0.15) is 0 Å². The van der Waals surface area contributed by atoms with E-state index in [1.807, 2.05) is 12.1 Å². The first kappa shape index (κ1) is 22.1. The zero-order valence-electron chi connectivity index (χ0n) is 18.1. The number of imide groups is 1. The van der Waals surface area contributed by atoms with Crippen molar-refractivity contribution in [3.05, 3.63) is 119 Å². The molecule has 0 unspecified atom stereocenters. The zero-order valence-corrected chi connectivity index (χ0v) is 18.9. The molecule has 0 bridgehead atoms. The molecule has 0 spiro atoms. The summed E-state index contributed by atoms with van der Waals surface area (Å²) in [5.41, 5.74) is 0.451. The maximum atomic E-state index is 14.5. The zero-order chi connectivity index (χ0) is 24.0. The number of anilines is 1. The van der Waals surface area contributed by atoms with E-state index in [1.165, 1.54) is 11.0 Å². The Morgan fingerprint density at radius 1 is 1.06 bits per heavy atom. The van der Waals surface area contributed by atoms with Gasteiger partial charge in [-0.05, 0) is 41.8 Å². The molecule has 0 radical (unpaired) electrons. The molecule has 3 aromatic carbocycles. The Bertz CT molecular complexity index is 1350. The molecule has 0 saturated carbocycles. The molecule has 1 saturated heterocycles. The second-order valence-corrected chi connectivity index (χ2v) is 8.94. The van der Waals surface area contributed by atoms with E-state index in [1.54, 1.807) is 60.7 Å². The van der Waals surface area contributed by atoms with E-state index in [-0.39, 0.29) is 11.5 Å². The Balaban J connectivity index is 1.84. The monoisotopic (exact) mass is 473 g/mol. The van der Waals surface area contributed by atoms with Crippen molar-refractivity contribution in [2.45, 2.75) is 17.8 Å². The highest BCUT2D eigenvalue weighted by Crippen LogP contribution is 2.59. The van der Waals surface area contributed by atoms with Crippen molar-refractivity contribution in [3.8, 4) is 5.75 Å². The molecule has 1 N–H and O–H groups in total. The van der Waals surface area contributed by atoms with Crippen LogP contribution in [0.5, 0.6) is 5.75 Å². The molecule has 1 aliphatic carbocycles. The number of hydrogen-bond donors (Lipinski definition) is 1. The highest BCUT2D eigenvalue weighted by atomic mass is 35.5. The number of benzene rings is 3. The Hall–Kier alpha value is -3.70. The van der Waals surface area contributed by atoms with Crippen LogP contribution in [0.15, 0.2) is 97.1 Å². The number of para-hydroxylation sites is 1. The molecule has 2 aliphatic rings. The van der Waals surface area contributed by atoms with Crippen molar-refractivity contribution < 1.29 is 19.1 Å². The summed E-state index contributed by atoms with van der Waals surface area (Å²) in [5, 5.41) is 11.1. The van der Waals surface area contributed by atoms with Crippen molar-refractivity contribution in [3.63, 3.8) is 0 Å². The lowest BCUT2D eigenvalue weighted by molar-refractivity contribution is -0.123. The number of rotatable bonds is 4. The molecule has 1 aliphatic heterocycles. The van der Waals surface area contributed by atoms with Crippen LogP contribution in [0.25, 0.3) is 0 Å². The van der Waals surface area contributed by atoms with Crippen LogP contribution in [0.3, 0.4) is 0 Å². The predicted octanol–water partition coefficient (Wildman–Crippen LogP) is 5.91. The van der Waals surface area contributed by atoms with Crippen LogP contribution in [0.4, 0.5) is 10.1 Å². The molecule has 4 nitrogen and oxygen atoms in total. The molecule has 3 atom stereocenters. The number of hydrogen-bond acceptors (Lipinski definition) is 3. The van der Waals surface area contributed by atoms with E-state index in [0.29, 0.717) is 28.3 Å². The fourth-order valence-corrected chi connectivity index (χ4v) is 5.67. The average Bonchev–Trinajstić information content (AvgIpc) is 3.08. The van der Waals surface area contributed by atoms with Gasteiger partial charge in [0.15, 0.2) is 11.6 Å². The number of carbonyl (C=O) groups is 2. The highest BCUT2D eigenvalue weighted by Gasteiger charge is 2.66. The summed E-state index contributed by atoms with van der Waals surface area (Å²) < 4.78 is 14.5. The van der Waals surface area contributed by atoms with Crippen molar-refractivity contribution in [1.29, 1.82) is 0 Å². The van der Waals surface area contributed by atoms with Crippen LogP contribution in [0.1, 0.15) is 23.5 Å². The van der Waals surface area contributed by atoms with Gasteiger partial charge in [0.2, 0.25) is 11.8 Å². The van der Waals surface area contributed by atoms with Crippen LogP contribution in [0, 0.1) is 11.7 Å². The average molecular weight is 474 g/mol. The topological polar surface area (TPSA) is 57.6 Å². The Labute approximate surface area is 201 Å². The van der Waals surface area contributed by atoms with E-state index in [9.17, 15) is 19.1 Å². The summed E-state index contributed by atoms with van der Waals surface area (Å²) in [4.78, 5) is 29.5. The highest BCUT2D eigenvalue weighted by molar-refractivity contribution is 6.32. The van der Waals surface area contributed by atoms with Crippen LogP contribution in [-0.2, 0) is 15.0 Å². The van der Waals surface area contributed by atoms with Crippen LogP contribution < -0.4 is 4.90 Å². The van der Waals surface area contributed by atoms with Crippen LogP contribution in [0.2, 0.25) is 5.02 Å². The minimum absolute atomic E-state index is 0.230. The molecule has 3 aromatic rings. The lowest BCUT2D eigenvalue weighted by Gasteiger charge is -2.43. The number of nitrogens with zero attached hydrogens (tertiary/aromatic N) is 1. The molecule has 2 amide bonds. The van der Waals surface area contributed by atoms with Crippen LogP contribution >= 0.6 is 11.6 Å². The van der Waals surface area contributed by atoms with Gasteiger partial charge in [0.25, 0.3) is 0 Å². The molecule has 1 heterocycles. The largest absolute Gasteiger partial charge is 0.505 e. The molecule has 1 fully saturated rings. The summed E-state index contributed by atoms with van der Waals surface area (Å²) >= 11 is 6.18. The minimum Gasteiger partial charge on any atom is -0.505 e. The van der Waals surface area contributed by atoms with E-state index in [0.717, 1.165) is 6.07 Å². The lowest BCUT2D eigenvalue weighted by atomic mass is 9.56. The summed E-state index contributed by atoms with van der Waals surface area (Å²) in [6.07, 6.45) is 3.75. The number of allylic oxidation sites excluding steroid dienone is 3. The van der Waals surface area contributed by atoms with Gasteiger partial charge >= 0.3 is 0 Å². The Morgan fingerprint density at radius 2 is 1.79 bits per heavy atom. The molecular weight excluding hydrogens is 453 g/mol. The summed E-state index contributed by atoms with van der Waals surface area (Å²) in [6, 6.07) is 19.8. The smallest absolute Gasteiger partial charge is 0.246 e. The van der Waals surface area contributed by atoms with E-state index < -0.39 is 34.7 Å². The number of phenolic OH excluding ortho intramolecular Hbond substituents is 1. The summed E-state index contributed by atoms with van der Waals surface area (Å²) in [6.45, 7) is 3.91. The summed E-state index contributed by atoms with van der Waals surface area (Å²) in [7, 11) is 0. The normalized spacial score (nSPS) is 24.1. The predicted molar refractivity (Wildman–Crippen MR) is 129 cm³/mol. The fourth-order valence-electron chi connectivity index (χ4n) is 5.49. The molecule has 5 rings (SSSR count). The number of amides is 2. The van der Waals surface area contributed by atoms with Gasteiger partial charge in [-0.1, -0.05) is 78.9 Å². The van der Waals surface area contributed by atoms with Crippen molar-refractivity contribution in [2.24, 2.45) is 5.92 Å². The van der Waals surface area contributed by atoms with E-state index in [2.05, 4.69) is 6.58 Å². The number of aromatic hydroxyl groups is 1. The van der Waals surface area contributed by atoms with Crippen molar-refractivity contribution in [1.82, 2.24) is 0 Å². The first-order chi connectivity index (χ1) is 16.4. The van der Waals surface area contributed by atoms with Gasteiger partial charge < -0.3 is 5.11 Å². The SMILES string of the molecule is C=CC1=CC[C@H]2C(=O)N(c3cccc(Cl)c3)C(=O)[C@@]2(c2ccccc2)[C@H]1c1cccc(F)c1O. The third-order valence-corrected chi connectivity index (χ3v) is 7.12. The van der Waals surface area contributed by atoms with Gasteiger partial charge in [-0.3, -0.25) is 9.59 Å². The van der Waals surface area contributed by atoms with Crippen molar-refractivity contribution >= 4 is 29.1 Å². The molecule has 0 aromatic heterocycles. The van der Waals surface area contributed by atoms with E-state index >= 15 is 0 Å². The number of halogens is 2. The quantitative estimate of drug-likeness (QED) is 0.479. The molecular formula is C28H21ClFNO3. The Kier molecular flexibility index (Phi) is 5.37. The molecule has 6 heteroatoms. The standard InChI is InChI=1S/C28H21ClFNO3/c1-2-17-14-15-22-26(33)31(20-11-6-10-19(29)16-20)27(34)28(22,18-8-4-3-5-9-18)24(17)21-12-7-13-23(30)25(21)32/h2-14,16,22,24,32H,1,15H2/t22-,24+,28+/m0/s1. The third-order valence-electron chi connectivity index (χ3n) is 6.89. The number of carbonyl (C=O) groups excluding carboxylic acids is 2. The second-order valence-electron chi connectivity index (χ2n) is 8.50. The van der Waals surface area contributed by atoms with Gasteiger partial charge in [0, 0.05) is 16.5 Å². The number of phenols is 1. The van der Waals surface area contributed by atoms with Gasteiger partial charge in [-0.2, -0.15) is 0 Å². The second kappa shape index (κ2) is 8.26.